The summed E-state index contributed by atoms with van der Waals surface area (Å²) in [6, 6.07) is 11.8. The van der Waals surface area contributed by atoms with E-state index in [-0.39, 0.29) is 28.9 Å². The molecular formula is C19H19N5O4. The Kier molecular flexibility index (Phi) is 5.25. The monoisotopic (exact) mass is 381 g/mol. The highest BCUT2D eigenvalue weighted by Crippen LogP contribution is 2.33. The van der Waals surface area contributed by atoms with Gasteiger partial charge in [0.05, 0.1) is 17.7 Å². The number of aromatic hydroxyl groups is 1. The molecule has 0 aliphatic rings. The maximum Gasteiger partial charge on any atom is 0.332 e. The van der Waals surface area contributed by atoms with E-state index in [0.29, 0.717) is 17.1 Å². The second-order valence-electron chi connectivity index (χ2n) is 6.04. The SMILES string of the molecule is COc1ccccc1Nc1nc(Nc2ccc(O)cc2C)nc(C)c1[N+](=O)[O-]. The van der Waals surface area contributed by atoms with E-state index >= 15 is 0 Å². The van der Waals surface area contributed by atoms with Crippen LogP contribution in [0.1, 0.15) is 11.3 Å². The van der Waals surface area contributed by atoms with Gasteiger partial charge in [-0.25, -0.2) is 4.98 Å². The summed E-state index contributed by atoms with van der Waals surface area (Å²) in [5.41, 5.74) is 1.97. The highest BCUT2D eigenvalue weighted by atomic mass is 16.6. The van der Waals surface area contributed by atoms with Gasteiger partial charge in [0.25, 0.3) is 0 Å². The second kappa shape index (κ2) is 7.78. The van der Waals surface area contributed by atoms with Crippen molar-refractivity contribution in [3.05, 3.63) is 63.8 Å². The summed E-state index contributed by atoms with van der Waals surface area (Å²) in [5, 5.41) is 27.1. The van der Waals surface area contributed by atoms with Crippen molar-refractivity contribution in [3.63, 3.8) is 0 Å². The van der Waals surface area contributed by atoms with Gasteiger partial charge in [-0.3, -0.25) is 10.1 Å². The Bertz CT molecular complexity index is 1040. The summed E-state index contributed by atoms with van der Waals surface area (Å²) in [6.45, 7) is 3.36. The van der Waals surface area contributed by atoms with Crippen molar-refractivity contribution in [3.8, 4) is 11.5 Å². The fourth-order valence-corrected chi connectivity index (χ4v) is 2.71. The van der Waals surface area contributed by atoms with Crippen LogP contribution in [-0.4, -0.2) is 27.1 Å². The van der Waals surface area contributed by atoms with E-state index in [2.05, 4.69) is 20.6 Å². The van der Waals surface area contributed by atoms with E-state index in [1.807, 2.05) is 6.92 Å². The first-order valence-electron chi connectivity index (χ1n) is 8.38. The zero-order valence-electron chi connectivity index (χ0n) is 15.6. The van der Waals surface area contributed by atoms with Gasteiger partial charge in [-0.2, -0.15) is 4.98 Å². The first-order valence-corrected chi connectivity index (χ1v) is 8.38. The summed E-state index contributed by atoms with van der Waals surface area (Å²) in [6.07, 6.45) is 0. The number of nitrogens with zero attached hydrogens (tertiary/aromatic N) is 3. The molecule has 9 heteroatoms. The number of aryl methyl sites for hydroxylation is 2. The number of phenolic OH excluding ortho intramolecular Hbond substituents is 1. The first-order chi connectivity index (χ1) is 13.4. The third-order valence-electron chi connectivity index (χ3n) is 4.06. The number of ether oxygens (including phenoxy) is 1. The van der Waals surface area contributed by atoms with Crippen LogP contribution in [0.5, 0.6) is 11.5 Å². The molecule has 1 heterocycles. The van der Waals surface area contributed by atoms with E-state index < -0.39 is 4.92 Å². The smallest absolute Gasteiger partial charge is 0.332 e. The van der Waals surface area contributed by atoms with Crippen LogP contribution in [0, 0.1) is 24.0 Å². The van der Waals surface area contributed by atoms with Crippen molar-refractivity contribution in [2.45, 2.75) is 13.8 Å². The third-order valence-corrected chi connectivity index (χ3v) is 4.06. The Morgan fingerprint density at radius 2 is 1.82 bits per heavy atom. The molecule has 0 saturated heterocycles. The number of hydrogen-bond donors (Lipinski definition) is 3. The van der Waals surface area contributed by atoms with Gasteiger partial charge >= 0.3 is 5.69 Å². The predicted molar refractivity (Wildman–Crippen MR) is 106 cm³/mol. The standard InChI is InChI=1S/C19H19N5O4/c1-11-10-13(25)8-9-14(11)22-19-20-12(2)17(24(26)27)18(23-19)21-15-6-4-5-7-16(15)28-3/h4-10,25H,1-3H3,(H2,20,21,22,23). The van der Waals surface area contributed by atoms with E-state index in [0.717, 1.165) is 5.56 Å². The molecule has 0 atom stereocenters. The molecule has 0 fully saturated rings. The van der Waals surface area contributed by atoms with E-state index in [4.69, 9.17) is 4.74 Å². The molecule has 0 amide bonds. The summed E-state index contributed by atoms with van der Waals surface area (Å²) in [4.78, 5) is 19.5. The summed E-state index contributed by atoms with van der Waals surface area (Å²) >= 11 is 0. The average molecular weight is 381 g/mol. The highest BCUT2D eigenvalue weighted by molar-refractivity contribution is 5.72. The number of nitrogens with one attached hydrogen (secondary N) is 2. The van der Waals surface area contributed by atoms with Gasteiger partial charge in [-0.05, 0) is 49.7 Å². The van der Waals surface area contributed by atoms with Gasteiger partial charge in [0.2, 0.25) is 11.8 Å². The van der Waals surface area contributed by atoms with Crippen LogP contribution in [-0.2, 0) is 0 Å². The third kappa shape index (κ3) is 3.93. The molecule has 0 aliphatic carbocycles. The Morgan fingerprint density at radius 3 is 2.50 bits per heavy atom. The lowest BCUT2D eigenvalue weighted by atomic mass is 10.2. The van der Waals surface area contributed by atoms with Crippen LogP contribution >= 0.6 is 0 Å². The lowest BCUT2D eigenvalue weighted by Crippen LogP contribution is -2.08. The quantitative estimate of drug-likeness (QED) is 0.330. The molecule has 0 radical (unpaired) electrons. The van der Waals surface area contributed by atoms with E-state index in [1.165, 1.54) is 13.2 Å². The molecule has 9 nitrogen and oxygen atoms in total. The van der Waals surface area contributed by atoms with Crippen molar-refractivity contribution < 1.29 is 14.8 Å². The van der Waals surface area contributed by atoms with Crippen LogP contribution in [0.15, 0.2) is 42.5 Å². The molecule has 1 aromatic heterocycles. The van der Waals surface area contributed by atoms with Crippen molar-refractivity contribution in [2.24, 2.45) is 0 Å². The number of aromatic nitrogens is 2. The minimum absolute atomic E-state index is 0.0425. The van der Waals surface area contributed by atoms with Crippen LogP contribution in [0.4, 0.5) is 28.8 Å². The fraction of sp³-hybridized carbons (Fsp3) is 0.158. The van der Waals surface area contributed by atoms with Crippen molar-refractivity contribution >= 4 is 28.8 Å². The number of benzene rings is 2. The number of para-hydroxylation sites is 2. The van der Waals surface area contributed by atoms with Gasteiger partial charge in [0, 0.05) is 5.69 Å². The molecule has 0 bridgehead atoms. The van der Waals surface area contributed by atoms with Crippen LogP contribution in [0.2, 0.25) is 0 Å². The molecule has 0 spiro atoms. The topological polar surface area (TPSA) is 122 Å². The zero-order valence-corrected chi connectivity index (χ0v) is 15.6. The zero-order chi connectivity index (χ0) is 20.3. The molecule has 3 aromatic rings. The molecule has 2 aromatic carbocycles. The molecule has 0 saturated carbocycles. The molecule has 0 unspecified atom stereocenters. The number of rotatable bonds is 6. The maximum atomic E-state index is 11.6. The van der Waals surface area contributed by atoms with Gasteiger partial charge in [0.15, 0.2) is 0 Å². The van der Waals surface area contributed by atoms with E-state index in [1.54, 1.807) is 43.3 Å². The van der Waals surface area contributed by atoms with Gasteiger partial charge in [0.1, 0.15) is 17.2 Å². The Morgan fingerprint density at radius 1 is 1.07 bits per heavy atom. The molecule has 0 aliphatic heterocycles. The number of methoxy groups -OCH3 is 1. The largest absolute Gasteiger partial charge is 0.508 e. The van der Waals surface area contributed by atoms with E-state index in [9.17, 15) is 15.2 Å². The summed E-state index contributed by atoms with van der Waals surface area (Å²) in [5.74, 6) is 0.898. The number of nitro groups is 1. The summed E-state index contributed by atoms with van der Waals surface area (Å²) in [7, 11) is 1.51. The lowest BCUT2D eigenvalue weighted by molar-refractivity contribution is -0.385. The molecule has 144 valence electrons. The van der Waals surface area contributed by atoms with Crippen LogP contribution < -0.4 is 15.4 Å². The number of anilines is 4. The lowest BCUT2D eigenvalue weighted by Gasteiger charge is -2.13. The Labute approximate surface area is 161 Å². The normalized spacial score (nSPS) is 10.4. The first kappa shape index (κ1) is 18.9. The number of hydrogen-bond acceptors (Lipinski definition) is 8. The van der Waals surface area contributed by atoms with Gasteiger partial charge < -0.3 is 20.5 Å². The van der Waals surface area contributed by atoms with Crippen molar-refractivity contribution in [1.29, 1.82) is 0 Å². The van der Waals surface area contributed by atoms with Crippen LogP contribution in [0.25, 0.3) is 0 Å². The Hall–Kier alpha value is -3.88. The maximum absolute atomic E-state index is 11.6. The average Bonchev–Trinajstić information content (AvgIpc) is 2.64. The molecule has 3 rings (SSSR count). The summed E-state index contributed by atoms with van der Waals surface area (Å²) < 4.78 is 5.29. The fourth-order valence-electron chi connectivity index (χ4n) is 2.71. The minimum Gasteiger partial charge on any atom is -0.508 e. The molecule has 28 heavy (non-hydrogen) atoms. The van der Waals surface area contributed by atoms with Crippen molar-refractivity contribution in [2.75, 3.05) is 17.7 Å². The Balaban J connectivity index is 2.03. The molecular weight excluding hydrogens is 362 g/mol. The highest BCUT2D eigenvalue weighted by Gasteiger charge is 2.23. The van der Waals surface area contributed by atoms with Crippen LogP contribution in [0.3, 0.4) is 0 Å². The molecule has 3 N–H and O–H groups in total. The van der Waals surface area contributed by atoms with Crippen molar-refractivity contribution in [1.82, 2.24) is 9.97 Å². The minimum atomic E-state index is -0.525. The van der Waals surface area contributed by atoms with Gasteiger partial charge in [-0.15, -0.1) is 0 Å². The number of phenols is 1. The predicted octanol–water partition coefficient (Wildman–Crippen LogP) is 4.20. The van der Waals surface area contributed by atoms with Gasteiger partial charge in [-0.1, -0.05) is 12.1 Å². The second-order valence-corrected chi connectivity index (χ2v) is 6.04.